The summed E-state index contributed by atoms with van der Waals surface area (Å²) in [5.41, 5.74) is -0.264. The first-order chi connectivity index (χ1) is 8.01. The van der Waals surface area contributed by atoms with Crippen LogP contribution >= 0.6 is 0 Å². The van der Waals surface area contributed by atoms with Crippen molar-refractivity contribution in [2.75, 3.05) is 13.2 Å². The lowest BCUT2D eigenvalue weighted by atomic mass is 10.3. The van der Waals surface area contributed by atoms with E-state index in [0.717, 1.165) is 12.8 Å². The molecule has 0 N–H and O–H groups in total. The Morgan fingerprint density at radius 2 is 1.76 bits per heavy atom. The fraction of sp³-hybridized carbons (Fsp3) is 0.750. The van der Waals surface area contributed by atoms with Gasteiger partial charge in [-0.1, -0.05) is 19.9 Å². The second kappa shape index (κ2) is 8.44. The summed E-state index contributed by atoms with van der Waals surface area (Å²) in [5, 5.41) is 0. The van der Waals surface area contributed by atoms with Crippen molar-refractivity contribution in [3.63, 3.8) is 0 Å². The van der Waals surface area contributed by atoms with E-state index in [1.807, 2.05) is 13.8 Å². The van der Waals surface area contributed by atoms with E-state index < -0.39 is 15.2 Å². The van der Waals surface area contributed by atoms with Crippen molar-refractivity contribution in [2.24, 2.45) is 0 Å². The maximum absolute atomic E-state index is 11.4. The fourth-order valence-corrected chi connectivity index (χ4v) is 3.22. The number of carbonyl (C=O) groups is 1. The summed E-state index contributed by atoms with van der Waals surface area (Å²) in [5.74, 6) is -0.350. The molecule has 100 valence electrons. The molecule has 0 aromatic heterocycles. The van der Waals surface area contributed by atoms with Crippen LogP contribution in [0.5, 0.6) is 0 Å². The van der Waals surface area contributed by atoms with Gasteiger partial charge in [0.2, 0.25) is 0 Å². The Labute approximate surface area is 106 Å². The quantitative estimate of drug-likeness (QED) is 0.360. The van der Waals surface area contributed by atoms with Crippen LogP contribution in [-0.4, -0.2) is 34.4 Å². The third-order valence-electron chi connectivity index (χ3n) is 2.22. The number of hydrogen-bond acceptors (Lipinski definition) is 4. The van der Waals surface area contributed by atoms with Crippen LogP contribution in [0.2, 0.25) is 0 Å². The third kappa shape index (κ3) is 6.00. The largest absolute Gasteiger partial charge is 0.516 e. The van der Waals surface area contributed by atoms with Gasteiger partial charge in [0.15, 0.2) is 5.41 Å². The molecule has 0 rings (SSSR count). The first-order valence-corrected chi connectivity index (χ1v) is 7.40. The SMILES string of the molecule is C=C(C)C(=O)O[SiH2]C(CCC)(OCC)OCC. The second-order valence-electron chi connectivity index (χ2n) is 3.88. The molecule has 5 heteroatoms. The molecule has 0 amide bonds. The van der Waals surface area contributed by atoms with Crippen LogP contribution in [0.3, 0.4) is 0 Å². The summed E-state index contributed by atoms with van der Waals surface area (Å²) in [4.78, 5) is 11.4. The van der Waals surface area contributed by atoms with Gasteiger partial charge in [-0.2, -0.15) is 0 Å². The van der Waals surface area contributed by atoms with Crippen LogP contribution in [0.1, 0.15) is 40.5 Å². The zero-order chi connectivity index (χ0) is 13.3. The molecule has 0 spiro atoms. The molecule has 0 aromatic carbocycles. The van der Waals surface area contributed by atoms with Crippen LogP contribution in [0.4, 0.5) is 0 Å². The smallest absolute Gasteiger partial charge is 0.319 e. The van der Waals surface area contributed by atoms with Crippen molar-refractivity contribution in [3.05, 3.63) is 12.2 Å². The van der Waals surface area contributed by atoms with Crippen LogP contribution in [-0.2, 0) is 18.7 Å². The third-order valence-corrected chi connectivity index (χ3v) is 3.83. The Balaban J connectivity index is 4.53. The minimum atomic E-state index is -1.26. The van der Waals surface area contributed by atoms with Gasteiger partial charge in [0.25, 0.3) is 9.76 Å². The van der Waals surface area contributed by atoms with E-state index in [0.29, 0.717) is 18.8 Å². The molecule has 0 bridgehead atoms. The molecular formula is C12H24O4Si. The Morgan fingerprint density at radius 1 is 1.24 bits per heavy atom. The summed E-state index contributed by atoms with van der Waals surface area (Å²) < 4.78 is 16.6. The van der Waals surface area contributed by atoms with Crippen LogP contribution in [0, 0.1) is 0 Å². The van der Waals surface area contributed by atoms with Gasteiger partial charge in [-0.3, -0.25) is 0 Å². The Hall–Kier alpha value is -0.653. The second-order valence-corrected chi connectivity index (χ2v) is 5.54. The minimum Gasteiger partial charge on any atom is -0.516 e. The van der Waals surface area contributed by atoms with Gasteiger partial charge in [0.05, 0.1) is 0 Å². The lowest BCUT2D eigenvalue weighted by Gasteiger charge is -2.32. The molecule has 0 aliphatic heterocycles. The topological polar surface area (TPSA) is 44.8 Å². The number of rotatable bonds is 9. The van der Waals surface area contributed by atoms with Crippen molar-refractivity contribution in [1.29, 1.82) is 0 Å². The average molecular weight is 260 g/mol. The molecule has 0 atom stereocenters. The number of hydrogen-bond donors (Lipinski definition) is 0. The van der Waals surface area contributed by atoms with Gasteiger partial charge in [-0.25, -0.2) is 4.79 Å². The van der Waals surface area contributed by atoms with Crippen molar-refractivity contribution < 1.29 is 18.7 Å². The molecule has 0 aromatic rings. The lowest BCUT2D eigenvalue weighted by Crippen LogP contribution is -2.44. The first kappa shape index (κ1) is 16.3. The minimum absolute atomic E-state index is 0.350. The Morgan fingerprint density at radius 3 is 2.12 bits per heavy atom. The van der Waals surface area contributed by atoms with E-state index >= 15 is 0 Å². The average Bonchev–Trinajstić information content (AvgIpc) is 2.27. The van der Waals surface area contributed by atoms with Crippen molar-refractivity contribution in [3.8, 4) is 0 Å². The highest BCUT2D eigenvalue weighted by Crippen LogP contribution is 2.19. The molecule has 0 fully saturated rings. The first-order valence-electron chi connectivity index (χ1n) is 6.11. The molecular weight excluding hydrogens is 236 g/mol. The molecule has 0 unspecified atom stereocenters. The van der Waals surface area contributed by atoms with Gasteiger partial charge < -0.3 is 13.9 Å². The van der Waals surface area contributed by atoms with Gasteiger partial charge >= 0.3 is 5.97 Å². The molecule has 4 nitrogen and oxygen atoms in total. The van der Waals surface area contributed by atoms with Crippen molar-refractivity contribution >= 4 is 15.7 Å². The molecule has 0 aliphatic carbocycles. The summed E-state index contributed by atoms with van der Waals surface area (Å²) >= 11 is 0. The van der Waals surface area contributed by atoms with E-state index in [1.54, 1.807) is 6.92 Å². The molecule has 0 saturated carbocycles. The molecule has 0 heterocycles. The maximum Gasteiger partial charge on any atom is 0.319 e. The molecule has 0 aliphatic rings. The van der Waals surface area contributed by atoms with E-state index in [4.69, 9.17) is 13.9 Å². The maximum atomic E-state index is 11.4. The van der Waals surface area contributed by atoms with Crippen molar-refractivity contribution in [1.82, 2.24) is 0 Å². The lowest BCUT2D eigenvalue weighted by molar-refractivity contribution is -0.187. The summed E-state index contributed by atoms with van der Waals surface area (Å²) in [6.07, 6.45) is 1.68. The van der Waals surface area contributed by atoms with Crippen molar-refractivity contribution in [2.45, 2.75) is 45.9 Å². The summed E-state index contributed by atoms with van der Waals surface area (Å²) in [6.45, 7) is 12.2. The normalized spacial score (nSPS) is 12.0. The molecule has 0 radical (unpaired) electrons. The van der Waals surface area contributed by atoms with Crippen LogP contribution < -0.4 is 0 Å². The molecule has 0 saturated heterocycles. The zero-order valence-corrected chi connectivity index (χ0v) is 12.8. The van der Waals surface area contributed by atoms with E-state index in [9.17, 15) is 4.79 Å². The van der Waals surface area contributed by atoms with E-state index in [1.165, 1.54) is 0 Å². The Bertz CT molecular complexity index is 236. The molecule has 17 heavy (non-hydrogen) atoms. The van der Waals surface area contributed by atoms with Gasteiger partial charge in [0.1, 0.15) is 0 Å². The van der Waals surface area contributed by atoms with E-state index in [2.05, 4.69) is 13.5 Å². The van der Waals surface area contributed by atoms with Gasteiger partial charge in [0, 0.05) is 25.2 Å². The highest BCUT2D eigenvalue weighted by atomic mass is 28.2. The van der Waals surface area contributed by atoms with Crippen LogP contribution in [0.25, 0.3) is 0 Å². The number of carbonyl (C=O) groups excluding carboxylic acids is 1. The van der Waals surface area contributed by atoms with Gasteiger partial charge in [-0.05, 0) is 20.8 Å². The van der Waals surface area contributed by atoms with Gasteiger partial charge in [-0.15, -0.1) is 0 Å². The van der Waals surface area contributed by atoms with Crippen LogP contribution in [0.15, 0.2) is 12.2 Å². The standard InChI is InChI=1S/C12H24O4Si/c1-6-9-12(14-7-2,15-8-3)17-16-11(13)10(4)5/h4,6-9,17H2,1-3,5H3. The van der Waals surface area contributed by atoms with E-state index in [-0.39, 0.29) is 5.97 Å². The highest BCUT2D eigenvalue weighted by molar-refractivity contribution is 6.34. The highest BCUT2D eigenvalue weighted by Gasteiger charge is 2.33. The predicted molar refractivity (Wildman–Crippen MR) is 70.3 cm³/mol. The number of ether oxygens (including phenoxy) is 2. The Kier molecular flexibility index (Phi) is 8.12. The summed E-state index contributed by atoms with van der Waals surface area (Å²) in [6, 6.07) is 0. The fourth-order valence-electron chi connectivity index (χ4n) is 1.55. The summed E-state index contributed by atoms with van der Waals surface area (Å²) in [7, 11) is -1.26. The monoisotopic (exact) mass is 260 g/mol. The predicted octanol–water partition coefficient (Wildman–Crippen LogP) is 1.72. The zero-order valence-electron chi connectivity index (χ0n) is 11.4.